The summed E-state index contributed by atoms with van der Waals surface area (Å²) >= 11 is 1.37. The standard InChI is InChI=1S/C22H31N3O2S/c1-16(2)25(17(3)4)13-12-23-21(26)19(15-18-9-6-5-7-10-18)24-22(27)20-11-8-14-28-20/h5-11,14,16-17,19H,12-13,15H2,1-4H3,(H,23,26)(H,24,27). The van der Waals surface area contributed by atoms with Crippen molar-refractivity contribution in [2.24, 2.45) is 0 Å². The predicted octanol–water partition coefficient (Wildman–Crippen LogP) is 3.32. The van der Waals surface area contributed by atoms with Crippen LogP contribution in [0.1, 0.15) is 42.9 Å². The molecule has 5 nitrogen and oxygen atoms in total. The van der Waals surface area contributed by atoms with Crippen molar-refractivity contribution in [3.63, 3.8) is 0 Å². The third-order valence-electron chi connectivity index (χ3n) is 4.65. The molecule has 0 saturated heterocycles. The molecule has 2 rings (SSSR count). The van der Waals surface area contributed by atoms with E-state index in [2.05, 4.69) is 43.2 Å². The fraction of sp³-hybridized carbons (Fsp3) is 0.455. The Labute approximate surface area is 172 Å². The van der Waals surface area contributed by atoms with E-state index in [1.54, 1.807) is 6.07 Å². The molecule has 0 spiro atoms. The smallest absolute Gasteiger partial charge is 0.262 e. The molecule has 0 aliphatic rings. The van der Waals surface area contributed by atoms with E-state index in [1.807, 2.05) is 41.8 Å². The highest BCUT2D eigenvalue weighted by atomic mass is 32.1. The van der Waals surface area contributed by atoms with Crippen molar-refractivity contribution in [3.8, 4) is 0 Å². The number of nitrogens with zero attached hydrogens (tertiary/aromatic N) is 1. The van der Waals surface area contributed by atoms with Crippen molar-refractivity contribution in [2.45, 2.75) is 52.2 Å². The number of benzene rings is 1. The Morgan fingerprint density at radius 1 is 1.00 bits per heavy atom. The number of hydrogen-bond acceptors (Lipinski definition) is 4. The summed E-state index contributed by atoms with van der Waals surface area (Å²) in [7, 11) is 0. The van der Waals surface area contributed by atoms with Gasteiger partial charge in [-0.15, -0.1) is 11.3 Å². The van der Waals surface area contributed by atoms with Crippen LogP contribution in [-0.4, -0.2) is 47.9 Å². The van der Waals surface area contributed by atoms with Crippen LogP contribution in [0.3, 0.4) is 0 Å². The van der Waals surface area contributed by atoms with Gasteiger partial charge in [-0.2, -0.15) is 0 Å². The van der Waals surface area contributed by atoms with E-state index >= 15 is 0 Å². The van der Waals surface area contributed by atoms with E-state index in [1.165, 1.54) is 11.3 Å². The second-order valence-corrected chi connectivity index (χ2v) is 8.36. The summed E-state index contributed by atoms with van der Waals surface area (Å²) in [5.41, 5.74) is 1.01. The molecule has 0 aliphatic carbocycles. The molecule has 1 heterocycles. The number of hydrogen-bond donors (Lipinski definition) is 2. The van der Waals surface area contributed by atoms with E-state index in [4.69, 9.17) is 0 Å². The number of rotatable bonds is 10. The van der Waals surface area contributed by atoms with Gasteiger partial charge in [0.15, 0.2) is 0 Å². The van der Waals surface area contributed by atoms with Crippen LogP contribution in [0, 0.1) is 0 Å². The van der Waals surface area contributed by atoms with E-state index in [9.17, 15) is 9.59 Å². The van der Waals surface area contributed by atoms with Crippen molar-refractivity contribution in [1.29, 1.82) is 0 Å². The predicted molar refractivity (Wildman–Crippen MR) is 116 cm³/mol. The zero-order chi connectivity index (χ0) is 20.5. The first-order valence-electron chi connectivity index (χ1n) is 9.80. The fourth-order valence-electron chi connectivity index (χ4n) is 3.24. The van der Waals surface area contributed by atoms with Gasteiger partial charge in [0.05, 0.1) is 4.88 Å². The summed E-state index contributed by atoms with van der Waals surface area (Å²) in [5.74, 6) is -0.363. The summed E-state index contributed by atoms with van der Waals surface area (Å²) in [6, 6.07) is 13.6. The van der Waals surface area contributed by atoms with Gasteiger partial charge in [0, 0.05) is 31.6 Å². The van der Waals surface area contributed by atoms with Crippen LogP contribution in [0.2, 0.25) is 0 Å². The molecular weight excluding hydrogens is 370 g/mol. The van der Waals surface area contributed by atoms with E-state index in [0.717, 1.165) is 12.1 Å². The van der Waals surface area contributed by atoms with E-state index < -0.39 is 6.04 Å². The zero-order valence-electron chi connectivity index (χ0n) is 17.1. The zero-order valence-corrected chi connectivity index (χ0v) is 18.0. The molecule has 1 aromatic carbocycles. The van der Waals surface area contributed by atoms with Crippen molar-refractivity contribution >= 4 is 23.2 Å². The van der Waals surface area contributed by atoms with Crippen LogP contribution in [-0.2, 0) is 11.2 Å². The van der Waals surface area contributed by atoms with Crippen LogP contribution in [0.15, 0.2) is 47.8 Å². The lowest BCUT2D eigenvalue weighted by Crippen LogP contribution is -2.50. The number of amides is 2. The Morgan fingerprint density at radius 3 is 2.25 bits per heavy atom. The van der Waals surface area contributed by atoms with Crippen LogP contribution >= 0.6 is 11.3 Å². The molecule has 28 heavy (non-hydrogen) atoms. The summed E-state index contributed by atoms with van der Waals surface area (Å²) in [5, 5.41) is 7.75. The Hall–Kier alpha value is -2.18. The van der Waals surface area contributed by atoms with Gasteiger partial charge in [0.25, 0.3) is 5.91 Å². The minimum absolute atomic E-state index is 0.152. The first-order valence-corrected chi connectivity index (χ1v) is 10.7. The minimum Gasteiger partial charge on any atom is -0.353 e. The molecule has 0 fully saturated rings. The number of thiophene rings is 1. The lowest BCUT2D eigenvalue weighted by molar-refractivity contribution is -0.123. The van der Waals surface area contributed by atoms with Gasteiger partial charge in [0.1, 0.15) is 6.04 Å². The van der Waals surface area contributed by atoms with E-state index in [0.29, 0.717) is 29.9 Å². The largest absolute Gasteiger partial charge is 0.353 e. The molecule has 1 unspecified atom stereocenters. The topological polar surface area (TPSA) is 61.4 Å². The molecule has 2 amide bonds. The molecule has 0 saturated carbocycles. The lowest BCUT2D eigenvalue weighted by atomic mass is 10.1. The highest BCUT2D eigenvalue weighted by molar-refractivity contribution is 7.12. The van der Waals surface area contributed by atoms with Crippen molar-refractivity contribution in [3.05, 3.63) is 58.3 Å². The van der Waals surface area contributed by atoms with Crippen molar-refractivity contribution in [1.82, 2.24) is 15.5 Å². The normalized spacial score (nSPS) is 12.4. The Kier molecular flexibility index (Phi) is 8.67. The maximum absolute atomic E-state index is 12.8. The highest BCUT2D eigenvalue weighted by Gasteiger charge is 2.22. The Morgan fingerprint density at radius 2 is 1.68 bits per heavy atom. The lowest BCUT2D eigenvalue weighted by Gasteiger charge is -2.30. The maximum atomic E-state index is 12.8. The molecule has 1 atom stereocenters. The second-order valence-electron chi connectivity index (χ2n) is 7.41. The van der Waals surface area contributed by atoms with Gasteiger partial charge >= 0.3 is 0 Å². The summed E-state index contributed by atoms with van der Waals surface area (Å²) in [6.07, 6.45) is 0.460. The molecule has 1 aromatic heterocycles. The fourth-order valence-corrected chi connectivity index (χ4v) is 3.87. The molecule has 0 bridgehead atoms. The summed E-state index contributed by atoms with van der Waals surface area (Å²) < 4.78 is 0. The van der Waals surface area contributed by atoms with Gasteiger partial charge in [-0.05, 0) is 44.7 Å². The van der Waals surface area contributed by atoms with Crippen LogP contribution in [0.4, 0.5) is 0 Å². The maximum Gasteiger partial charge on any atom is 0.262 e. The second kappa shape index (κ2) is 11.0. The monoisotopic (exact) mass is 401 g/mol. The molecule has 2 aromatic rings. The molecule has 2 N–H and O–H groups in total. The van der Waals surface area contributed by atoms with Gasteiger partial charge in [-0.25, -0.2) is 0 Å². The number of carbonyl (C=O) groups excluding carboxylic acids is 2. The van der Waals surface area contributed by atoms with Crippen LogP contribution in [0.25, 0.3) is 0 Å². The first kappa shape index (κ1) is 22.1. The molecule has 0 aliphatic heterocycles. The van der Waals surface area contributed by atoms with Crippen LogP contribution < -0.4 is 10.6 Å². The quantitative estimate of drug-likeness (QED) is 0.642. The summed E-state index contributed by atoms with van der Waals surface area (Å²) in [6.45, 7) is 9.94. The Balaban J connectivity index is 2.00. The first-order chi connectivity index (χ1) is 13.4. The van der Waals surface area contributed by atoms with Gasteiger partial charge < -0.3 is 10.6 Å². The molecule has 152 valence electrons. The third kappa shape index (κ3) is 6.77. The van der Waals surface area contributed by atoms with Gasteiger partial charge in [0.2, 0.25) is 5.91 Å². The van der Waals surface area contributed by atoms with E-state index in [-0.39, 0.29) is 11.8 Å². The van der Waals surface area contributed by atoms with Crippen LogP contribution in [0.5, 0.6) is 0 Å². The van der Waals surface area contributed by atoms with Crippen molar-refractivity contribution in [2.75, 3.05) is 13.1 Å². The molecular formula is C22H31N3O2S. The molecule has 0 radical (unpaired) electrons. The Bertz CT molecular complexity index is 722. The average molecular weight is 402 g/mol. The van der Waals surface area contributed by atoms with Crippen molar-refractivity contribution < 1.29 is 9.59 Å². The third-order valence-corrected chi connectivity index (χ3v) is 5.51. The SMILES string of the molecule is CC(C)N(CCNC(=O)C(Cc1ccccc1)NC(=O)c1cccs1)C(C)C. The van der Waals surface area contributed by atoms with Gasteiger partial charge in [-0.3, -0.25) is 14.5 Å². The highest BCUT2D eigenvalue weighted by Crippen LogP contribution is 2.10. The molecule has 6 heteroatoms. The number of nitrogens with one attached hydrogen (secondary N) is 2. The summed E-state index contributed by atoms with van der Waals surface area (Å²) in [4.78, 5) is 28.3. The minimum atomic E-state index is -0.608. The van der Waals surface area contributed by atoms with Gasteiger partial charge in [-0.1, -0.05) is 36.4 Å². The number of carbonyl (C=O) groups is 2. The average Bonchev–Trinajstić information content (AvgIpc) is 3.19.